The number of pyridine rings is 1. The van der Waals surface area contributed by atoms with E-state index in [0.29, 0.717) is 16.3 Å². The molecule has 4 nitrogen and oxygen atoms in total. The lowest BCUT2D eigenvalue weighted by Crippen LogP contribution is -2.21. The topological polar surface area (TPSA) is 54.4 Å². The number of hydrogen-bond acceptors (Lipinski definition) is 4. The number of amides is 1. The van der Waals surface area contributed by atoms with Gasteiger partial charge in [0.1, 0.15) is 0 Å². The lowest BCUT2D eigenvalue weighted by molar-refractivity contribution is 0.0955. The van der Waals surface area contributed by atoms with Crippen molar-refractivity contribution in [1.82, 2.24) is 10.4 Å². The van der Waals surface area contributed by atoms with Crippen molar-refractivity contribution in [2.75, 3.05) is 5.75 Å². The lowest BCUT2D eigenvalue weighted by Gasteiger charge is -2.08. The second-order valence-corrected chi connectivity index (χ2v) is 6.76. The first-order chi connectivity index (χ1) is 12.7. The normalized spacial score (nSPS) is 11.2. The van der Waals surface area contributed by atoms with E-state index < -0.39 is 0 Å². The highest BCUT2D eigenvalue weighted by atomic mass is 35.5. The van der Waals surface area contributed by atoms with Crippen molar-refractivity contribution in [1.29, 1.82) is 0 Å². The minimum absolute atomic E-state index is 0.302. The van der Waals surface area contributed by atoms with Crippen molar-refractivity contribution in [3.8, 4) is 0 Å². The molecule has 3 aromatic rings. The highest BCUT2D eigenvalue weighted by molar-refractivity contribution is 7.99. The molecular weight excluding hydrogens is 366 g/mol. The number of aromatic nitrogens is 1. The van der Waals surface area contributed by atoms with Crippen molar-refractivity contribution < 1.29 is 4.79 Å². The number of nitrogens with zero attached hydrogens (tertiary/aromatic N) is 2. The summed E-state index contributed by atoms with van der Waals surface area (Å²) in [6.07, 6.45) is 1.75. The smallest absolute Gasteiger partial charge is 0.267 e. The van der Waals surface area contributed by atoms with Gasteiger partial charge in [-0.15, -0.1) is 0 Å². The third-order valence-corrected chi connectivity index (χ3v) is 4.67. The molecule has 3 rings (SSSR count). The number of carbonyl (C=O) groups is 1. The molecule has 0 aliphatic heterocycles. The fourth-order valence-electron chi connectivity index (χ4n) is 2.20. The monoisotopic (exact) mass is 381 g/mol. The summed E-state index contributed by atoms with van der Waals surface area (Å²) in [6.45, 7) is 0. The van der Waals surface area contributed by atoms with E-state index in [9.17, 15) is 4.79 Å². The first-order valence-corrected chi connectivity index (χ1v) is 9.30. The summed E-state index contributed by atoms with van der Waals surface area (Å²) in [5.74, 6) is 0.278. The van der Waals surface area contributed by atoms with Crippen LogP contribution in [-0.4, -0.2) is 22.4 Å². The Kier molecular flexibility index (Phi) is 6.41. The van der Waals surface area contributed by atoms with Gasteiger partial charge in [-0.05, 0) is 35.9 Å². The van der Waals surface area contributed by atoms with Crippen LogP contribution >= 0.6 is 23.4 Å². The minimum Gasteiger partial charge on any atom is -0.267 e. The molecule has 130 valence electrons. The number of rotatable bonds is 6. The van der Waals surface area contributed by atoms with Gasteiger partial charge in [0.05, 0.1) is 10.7 Å². The van der Waals surface area contributed by atoms with Crippen molar-refractivity contribution in [2.24, 2.45) is 5.10 Å². The summed E-state index contributed by atoms with van der Waals surface area (Å²) in [5.41, 5.74) is 4.79. The highest BCUT2D eigenvalue weighted by Gasteiger charge is 2.09. The Morgan fingerprint density at radius 1 is 1.00 bits per heavy atom. The third-order valence-electron chi connectivity index (χ3n) is 3.48. The zero-order valence-corrected chi connectivity index (χ0v) is 15.4. The first kappa shape index (κ1) is 18.2. The Bertz CT molecular complexity index is 901. The zero-order valence-electron chi connectivity index (χ0n) is 13.8. The van der Waals surface area contributed by atoms with Crippen LogP contribution in [-0.2, 0) is 0 Å². The maximum Gasteiger partial charge on any atom is 0.271 e. The van der Waals surface area contributed by atoms with Crippen LogP contribution < -0.4 is 5.43 Å². The molecule has 26 heavy (non-hydrogen) atoms. The lowest BCUT2D eigenvalue weighted by atomic mass is 10.1. The fraction of sp³-hybridized carbons (Fsp3) is 0.0500. The fourth-order valence-corrected chi connectivity index (χ4v) is 3.21. The molecular formula is C20H16ClN3OS. The van der Waals surface area contributed by atoms with Gasteiger partial charge in [-0.25, -0.2) is 10.4 Å². The van der Waals surface area contributed by atoms with Crippen LogP contribution in [0.1, 0.15) is 15.9 Å². The molecule has 0 bridgehead atoms. The highest BCUT2D eigenvalue weighted by Crippen LogP contribution is 2.17. The maximum atomic E-state index is 12.3. The van der Waals surface area contributed by atoms with Crippen molar-refractivity contribution in [2.45, 2.75) is 5.03 Å². The molecule has 0 atom stereocenters. The van der Waals surface area contributed by atoms with Gasteiger partial charge >= 0.3 is 0 Å². The van der Waals surface area contributed by atoms with E-state index >= 15 is 0 Å². The van der Waals surface area contributed by atoms with Crippen LogP contribution in [0.5, 0.6) is 0 Å². The van der Waals surface area contributed by atoms with Crippen LogP contribution in [0.15, 0.2) is 89.1 Å². The molecule has 0 radical (unpaired) electrons. The number of hydrogen-bond donors (Lipinski definition) is 1. The minimum atomic E-state index is -0.302. The van der Waals surface area contributed by atoms with E-state index in [4.69, 9.17) is 11.6 Å². The Morgan fingerprint density at radius 2 is 1.77 bits per heavy atom. The van der Waals surface area contributed by atoms with E-state index in [1.807, 2.05) is 48.5 Å². The van der Waals surface area contributed by atoms with E-state index in [2.05, 4.69) is 15.5 Å². The molecule has 0 aliphatic carbocycles. The molecule has 0 unspecified atom stereocenters. The number of carbonyl (C=O) groups excluding carboxylic acids is 1. The van der Waals surface area contributed by atoms with Crippen LogP contribution in [0, 0.1) is 0 Å². The summed E-state index contributed by atoms with van der Waals surface area (Å²) >= 11 is 7.50. The number of benzene rings is 2. The SMILES string of the molecule is O=C(NN=C(CSc1ccccn1)c1ccccc1)c1cccc(Cl)c1. The Balaban J connectivity index is 1.76. The standard InChI is InChI=1S/C20H16ClN3OS/c21-17-10-6-9-16(13-17)20(25)24-23-18(15-7-2-1-3-8-15)14-26-19-11-4-5-12-22-19/h1-13H,14H2,(H,24,25). The number of halogens is 1. The average molecular weight is 382 g/mol. The number of thioether (sulfide) groups is 1. The van der Waals surface area contributed by atoms with Crippen molar-refractivity contribution in [3.05, 3.63) is 95.1 Å². The van der Waals surface area contributed by atoms with Gasteiger partial charge in [0, 0.05) is 22.5 Å². The molecule has 0 fully saturated rings. The quantitative estimate of drug-likeness (QED) is 0.384. The summed E-state index contributed by atoms with van der Waals surface area (Å²) in [6, 6.07) is 22.3. The van der Waals surface area contributed by atoms with E-state index in [1.165, 1.54) is 0 Å². The van der Waals surface area contributed by atoms with Gasteiger partial charge in [-0.2, -0.15) is 5.10 Å². The van der Waals surface area contributed by atoms with Gasteiger partial charge in [-0.3, -0.25) is 4.79 Å². The molecule has 0 spiro atoms. The molecule has 1 aromatic heterocycles. The molecule has 2 aromatic carbocycles. The Morgan fingerprint density at radius 3 is 2.50 bits per heavy atom. The predicted octanol–water partition coefficient (Wildman–Crippen LogP) is 4.66. The second kappa shape index (κ2) is 9.17. The molecule has 0 saturated heterocycles. The second-order valence-electron chi connectivity index (χ2n) is 5.33. The molecule has 0 saturated carbocycles. The Labute approximate surface area is 161 Å². The van der Waals surface area contributed by atoms with Gasteiger partial charge < -0.3 is 0 Å². The molecule has 6 heteroatoms. The summed E-state index contributed by atoms with van der Waals surface area (Å²) in [7, 11) is 0. The largest absolute Gasteiger partial charge is 0.271 e. The van der Waals surface area contributed by atoms with Gasteiger partial charge in [0.2, 0.25) is 0 Å². The summed E-state index contributed by atoms with van der Waals surface area (Å²) in [4.78, 5) is 16.6. The van der Waals surface area contributed by atoms with E-state index in [0.717, 1.165) is 16.3 Å². The van der Waals surface area contributed by atoms with Crippen LogP contribution in [0.3, 0.4) is 0 Å². The van der Waals surface area contributed by atoms with Gasteiger partial charge in [-0.1, -0.05) is 65.8 Å². The van der Waals surface area contributed by atoms with Gasteiger partial charge in [0.25, 0.3) is 5.91 Å². The third kappa shape index (κ3) is 5.18. The van der Waals surface area contributed by atoms with Gasteiger partial charge in [0.15, 0.2) is 0 Å². The summed E-state index contributed by atoms with van der Waals surface area (Å²) < 4.78 is 0. The average Bonchev–Trinajstić information content (AvgIpc) is 2.69. The maximum absolute atomic E-state index is 12.3. The Hall–Kier alpha value is -2.63. The summed E-state index contributed by atoms with van der Waals surface area (Å²) in [5, 5.41) is 5.75. The molecule has 1 amide bonds. The van der Waals surface area contributed by atoms with Crippen LogP contribution in [0.25, 0.3) is 0 Å². The molecule has 1 heterocycles. The number of hydrazone groups is 1. The van der Waals surface area contributed by atoms with Crippen molar-refractivity contribution >= 4 is 35.0 Å². The molecule has 1 N–H and O–H groups in total. The predicted molar refractivity (Wildman–Crippen MR) is 107 cm³/mol. The van der Waals surface area contributed by atoms with Crippen molar-refractivity contribution in [3.63, 3.8) is 0 Å². The van der Waals surface area contributed by atoms with E-state index in [1.54, 1.807) is 42.2 Å². The molecule has 0 aliphatic rings. The van der Waals surface area contributed by atoms with Crippen LogP contribution in [0.2, 0.25) is 5.02 Å². The van der Waals surface area contributed by atoms with E-state index in [-0.39, 0.29) is 5.91 Å². The zero-order chi connectivity index (χ0) is 18.2. The first-order valence-electron chi connectivity index (χ1n) is 7.94. The number of nitrogens with one attached hydrogen (secondary N) is 1. The van der Waals surface area contributed by atoms with Crippen LogP contribution in [0.4, 0.5) is 0 Å².